The Morgan fingerprint density at radius 3 is 2.31 bits per heavy atom. The average molecular weight is 357 g/mol. The number of benzene rings is 2. The summed E-state index contributed by atoms with van der Waals surface area (Å²) in [6, 6.07) is 18.8. The van der Waals surface area contributed by atoms with Crippen LogP contribution in [0.1, 0.15) is 21.7 Å². The highest BCUT2D eigenvalue weighted by Gasteiger charge is 2.18. The van der Waals surface area contributed by atoms with Crippen molar-refractivity contribution in [3.63, 3.8) is 0 Å². The maximum Gasteiger partial charge on any atom is 0.387 e. The fourth-order valence-corrected chi connectivity index (χ4v) is 2.56. The molecule has 0 aliphatic rings. The van der Waals surface area contributed by atoms with Crippen LogP contribution in [0.15, 0.2) is 77.4 Å². The fourth-order valence-electron chi connectivity index (χ4n) is 2.56. The molecule has 1 aromatic heterocycles. The van der Waals surface area contributed by atoms with Crippen molar-refractivity contribution in [3.8, 4) is 5.75 Å². The molecule has 6 heteroatoms. The second-order valence-corrected chi connectivity index (χ2v) is 5.63. The molecule has 0 saturated heterocycles. The molecule has 0 saturated carbocycles. The van der Waals surface area contributed by atoms with Gasteiger partial charge in [0.05, 0.1) is 12.8 Å². The molecular formula is C20H17F2NO3. The molecule has 0 radical (unpaired) electrons. The second-order valence-electron chi connectivity index (χ2n) is 5.63. The molecule has 2 aromatic carbocycles. The fraction of sp³-hybridized carbons (Fsp3) is 0.150. The van der Waals surface area contributed by atoms with Gasteiger partial charge in [-0.15, -0.1) is 0 Å². The van der Waals surface area contributed by atoms with Gasteiger partial charge >= 0.3 is 6.61 Å². The van der Waals surface area contributed by atoms with Crippen LogP contribution >= 0.6 is 0 Å². The van der Waals surface area contributed by atoms with Crippen LogP contribution in [-0.4, -0.2) is 17.4 Å². The standard InChI is InChI=1S/C20H17F2NO3/c21-20(22)26-17-10-8-16(9-11-17)19(24)23(14-18-7-4-12-25-18)13-15-5-2-1-3-6-15/h1-12,20H,13-14H2. The molecule has 3 rings (SSSR count). The summed E-state index contributed by atoms with van der Waals surface area (Å²) < 4.78 is 34.2. The van der Waals surface area contributed by atoms with E-state index in [1.807, 2.05) is 30.3 Å². The summed E-state index contributed by atoms with van der Waals surface area (Å²) in [7, 11) is 0. The minimum Gasteiger partial charge on any atom is -0.467 e. The van der Waals surface area contributed by atoms with Crippen molar-refractivity contribution in [2.45, 2.75) is 19.7 Å². The molecule has 26 heavy (non-hydrogen) atoms. The van der Waals surface area contributed by atoms with Gasteiger partial charge in [-0.3, -0.25) is 4.79 Å². The van der Waals surface area contributed by atoms with Gasteiger partial charge < -0.3 is 14.1 Å². The van der Waals surface area contributed by atoms with Crippen LogP contribution in [0.3, 0.4) is 0 Å². The number of hydrogen-bond donors (Lipinski definition) is 0. The van der Waals surface area contributed by atoms with E-state index in [0.717, 1.165) is 5.56 Å². The maximum atomic E-state index is 12.9. The Bertz CT molecular complexity index is 818. The normalized spacial score (nSPS) is 10.7. The zero-order valence-corrected chi connectivity index (χ0v) is 13.8. The third kappa shape index (κ3) is 4.69. The zero-order valence-electron chi connectivity index (χ0n) is 13.8. The lowest BCUT2D eigenvalue weighted by Crippen LogP contribution is -2.30. The highest BCUT2D eigenvalue weighted by molar-refractivity contribution is 5.94. The highest BCUT2D eigenvalue weighted by atomic mass is 19.3. The Balaban J connectivity index is 1.79. The summed E-state index contributed by atoms with van der Waals surface area (Å²) in [5, 5.41) is 0. The quantitative estimate of drug-likeness (QED) is 0.614. The summed E-state index contributed by atoms with van der Waals surface area (Å²) in [5.41, 5.74) is 1.36. The first-order chi connectivity index (χ1) is 12.6. The molecule has 0 spiro atoms. The van der Waals surface area contributed by atoms with Gasteiger partial charge in [-0.25, -0.2) is 0 Å². The molecule has 0 atom stereocenters. The Labute approximate surface area is 149 Å². The molecule has 0 N–H and O–H groups in total. The minimum absolute atomic E-state index is 0.0113. The molecule has 0 fully saturated rings. The van der Waals surface area contributed by atoms with Crippen molar-refractivity contribution in [2.75, 3.05) is 0 Å². The van der Waals surface area contributed by atoms with Crippen LogP contribution in [0.25, 0.3) is 0 Å². The zero-order chi connectivity index (χ0) is 18.4. The smallest absolute Gasteiger partial charge is 0.387 e. The van der Waals surface area contributed by atoms with Crippen LogP contribution in [0, 0.1) is 0 Å². The van der Waals surface area contributed by atoms with E-state index >= 15 is 0 Å². The molecule has 0 unspecified atom stereocenters. The van der Waals surface area contributed by atoms with E-state index < -0.39 is 6.61 Å². The number of rotatable bonds is 7. The van der Waals surface area contributed by atoms with Crippen molar-refractivity contribution < 1.29 is 22.7 Å². The molecule has 0 aliphatic heterocycles. The van der Waals surface area contributed by atoms with Crippen molar-refractivity contribution >= 4 is 5.91 Å². The summed E-state index contributed by atoms with van der Waals surface area (Å²) in [5.74, 6) is 0.443. The lowest BCUT2D eigenvalue weighted by Gasteiger charge is -2.22. The lowest BCUT2D eigenvalue weighted by molar-refractivity contribution is -0.0498. The van der Waals surface area contributed by atoms with E-state index in [1.165, 1.54) is 24.3 Å². The van der Waals surface area contributed by atoms with E-state index in [0.29, 0.717) is 24.4 Å². The minimum atomic E-state index is -2.90. The first kappa shape index (κ1) is 17.7. The monoisotopic (exact) mass is 357 g/mol. The summed E-state index contributed by atoms with van der Waals surface area (Å²) >= 11 is 0. The highest BCUT2D eigenvalue weighted by Crippen LogP contribution is 2.18. The van der Waals surface area contributed by atoms with Crippen LogP contribution in [0.4, 0.5) is 8.78 Å². The Morgan fingerprint density at radius 1 is 0.962 bits per heavy atom. The topological polar surface area (TPSA) is 42.7 Å². The van der Waals surface area contributed by atoms with Crippen molar-refractivity contribution in [1.82, 2.24) is 4.90 Å². The van der Waals surface area contributed by atoms with Gasteiger partial charge in [0.25, 0.3) is 5.91 Å². The number of carbonyl (C=O) groups is 1. The van der Waals surface area contributed by atoms with Crippen molar-refractivity contribution in [1.29, 1.82) is 0 Å². The third-order valence-electron chi connectivity index (χ3n) is 3.76. The largest absolute Gasteiger partial charge is 0.467 e. The van der Waals surface area contributed by atoms with E-state index in [9.17, 15) is 13.6 Å². The average Bonchev–Trinajstić information content (AvgIpc) is 3.15. The molecule has 0 bridgehead atoms. The van der Waals surface area contributed by atoms with Crippen LogP contribution in [-0.2, 0) is 13.1 Å². The van der Waals surface area contributed by atoms with Gasteiger partial charge in [-0.1, -0.05) is 30.3 Å². The molecule has 3 aromatic rings. The molecule has 1 amide bonds. The second kappa shape index (κ2) is 8.29. The number of amides is 1. The molecular weight excluding hydrogens is 340 g/mol. The summed E-state index contributed by atoms with van der Waals surface area (Å²) in [4.78, 5) is 14.5. The molecule has 134 valence electrons. The Hall–Kier alpha value is -3.15. The third-order valence-corrected chi connectivity index (χ3v) is 3.76. The van der Waals surface area contributed by atoms with Gasteiger partial charge in [0, 0.05) is 12.1 Å². The van der Waals surface area contributed by atoms with Crippen molar-refractivity contribution in [3.05, 3.63) is 89.9 Å². The maximum absolute atomic E-state index is 12.9. The number of ether oxygens (including phenoxy) is 1. The van der Waals surface area contributed by atoms with Gasteiger partial charge in [0.15, 0.2) is 0 Å². The van der Waals surface area contributed by atoms with Gasteiger partial charge in [0.1, 0.15) is 11.5 Å². The number of carbonyl (C=O) groups excluding carboxylic acids is 1. The molecule has 4 nitrogen and oxygen atoms in total. The van der Waals surface area contributed by atoms with Crippen LogP contribution in [0.5, 0.6) is 5.75 Å². The first-order valence-corrected chi connectivity index (χ1v) is 8.02. The van der Waals surface area contributed by atoms with Crippen LogP contribution in [0.2, 0.25) is 0 Å². The SMILES string of the molecule is O=C(c1ccc(OC(F)F)cc1)N(Cc1ccccc1)Cc1ccco1. The lowest BCUT2D eigenvalue weighted by atomic mass is 10.1. The van der Waals surface area contributed by atoms with E-state index in [-0.39, 0.29) is 11.7 Å². The predicted octanol–water partition coefficient (Wildman–Crippen LogP) is 4.72. The van der Waals surface area contributed by atoms with Crippen molar-refractivity contribution in [2.24, 2.45) is 0 Å². The number of alkyl halides is 2. The van der Waals surface area contributed by atoms with Crippen LogP contribution < -0.4 is 4.74 Å². The molecule has 1 heterocycles. The van der Waals surface area contributed by atoms with E-state index in [4.69, 9.17) is 4.42 Å². The van der Waals surface area contributed by atoms with Gasteiger partial charge in [-0.2, -0.15) is 8.78 Å². The van der Waals surface area contributed by atoms with E-state index in [2.05, 4.69) is 4.74 Å². The molecule has 0 aliphatic carbocycles. The first-order valence-electron chi connectivity index (χ1n) is 8.02. The number of nitrogens with zero attached hydrogens (tertiary/aromatic N) is 1. The Kier molecular flexibility index (Phi) is 5.63. The Morgan fingerprint density at radius 2 is 1.69 bits per heavy atom. The predicted molar refractivity (Wildman–Crippen MR) is 91.8 cm³/mol. The van der Waals surface area contributed by atoms with Gasteiger partial charge in [-0.05, 0) is 42.0 Å². The number of halogens is 2. The summed E-state index contributed by atoms with van der Waals surface area (Å²) in [6.07, 6.45) is 1.55. The van der Waals surface area contributed by atoms with Gasteiger partial charge in [0.2, 0.25) is 0 Å². The van der Waals surface area contributed by atoms with E-state index in [1.54, 1.807) is 23.3 Å². The number of hydrogen-bond acceptors (Lipinski definition) is 3. The number of furan rings is 1. The summed E-state index contributed by atoms with van der Waals surface area (Å²) in [6.45, 7) is -2.20.